The molecule has 0 atom stereocenters. The van der Waals surface area contributed by atoms with Gasteiger partial charge in [0.05, 0.1) is 5.69 Å². The summed E-state index contributed by atoms with van der Waals surface area (Å²) < 4.78 is 1.61. The monoisotopic (exact) mass is 203 g/mol. The fourth-order valence-corrected chi connectivity index (χ4v) is 1.41. The molecule has 5 heteroatoms. The first-order chi connectivity index (χ1) is 5.81. The Morgan fingerprint density at radius 3 is 2.46 bits per heavy atom. The number of nitrogens with two attached hydrogens (primary N) is 1. The van der Waals surface area contributed by atoms with Crippen LogP contribution in [0.3, 0.4) is 0 Å². The molecule has 1 rings (SSSR count). The summed E-state index contributed by atoms with van der Waals surface area (Å²) in [7, 11) is 1.74. The van der Waals surface area contributed by atoms with E-state index >= 15 is 0 Å². The standard InChI is InChI=1S/C8H14ClN3O/c1-8(2,10)4-5-6(9)7(13)11-12(5)3/h4,10H2,1-3H3,(H,11,13). The van der Waals surface area contributed by atoms with E-state index in [1.807, 2.05) is 13.8 Å². The third-order valence-electron chi connectivity index (χ3n) is 1.75. The number of nitrogens with zero attached hydrogens (tertiary/aromatic N) is 1. The predicted molar refractivity (Wildman–Crippen MR) is 53.0 cm³/mol. The zero-order valence-corrected chi connectivity index (χ0v) is 8.77. The minimum atomic E-state index is -0.365. The minimum Gasteiger partial charge on any atom is -0.325 e. The van der Waals surface area contributed by atoms with E-state index in [-0.39, 0.29) is 16.1 Å². The lowest BCUT2D eigenvalue weighted by Crippen LogP contribution is -2.35. The second-order valence-electron chi connectivity index (χ2n) is 3.93. The SMILES string of the molecule is Cn1[nH]c(=O)c(Cl)c1CC(C)(C)N. The molecule has 0 aromatic carbocycles. The van der Waals surface area contributed by atoms with E-state index in [2.05, 4.69) is 5.10 Å². The van der Waals surface area contributed by atoms with Gasteiger partial charge in [-0.05, 0) is 13.8 Å². The van der Waals surface area contributed by atoms with Crippen molar-refractivity contribution >= 4 is 11.6 Å². The molecule has 1 aromatic rings. The third kappa shape index (κ3) is 2.35. The quantitative estimate of drug-likeness (QED) is 0.741. The molecule has 0 spiro atoms. The zero-order valence-electron chi connectivity index (χ0n) is 8.02. The average Bonchev–Trinajstić information content (AvgIpc) is 2.14. The minimum absolute atomic E-state index is 0.237. The van der Waals surface area contributed by atoms with Crippen LogP contribution in [0.2, 0.25) is 5.02 Å². The average molecular weight is 204 g/mol. The first-order valence-corrected chi connectivity index (χ1v) is 4.41. The Labute approximate surface area is 81.7 Å². The summed E-state index contributed by atoms with van der Waals surface area (Å²) in [5.74, 6) is 0. The van der Waals surface area contributed by atoms with Crippen LogP contribution in [-0.2, 0) is 13.5 Å². The fourth-order valence-electron chi connectivity index (χ4n) is 1.17. The van der Waals surface area contributed by atoms with Crippen molar-refractivity contribution < 1.29 is 0 Å². The molecule has 0 amide bonds. The Kier molecular flexibility index (Phi) is 2.54. The number of aromatic amines is 1. The molecule has 1 heterocycles. The highest BCUT2D eigenvalue weighted by Crippen LogP contribution is 2.15. The predicted octanol–water partition coefficient (Wildman–Crippen LogP) is 0.647. The van der Waals surface area contributed by atoms with E-state index in [9.17, 15) is 4.79 Å². The maximum atomic E-state index is 11.1. The molecule has 0 bridgehead atoms. The van der Waals surface area contributed by atoms with Gasteiger partial charge in [0, 0.05) is 19.0 Å². The lowest BCUT2D eigenvalue weighted by molar-refractivity contribution is 0.495. The number of aromatic nitrogens is 2. The van der Waals surface area contributed by atoms with Gasteiger partial charge >= 0.3 is 0 Å². The molecule has 3 N–H and O–H groups in total. The van der Waals surface area contributed by atoms with E-state index in [0.717, 1.165) is 5.69 Å². The zero-order chi connectivity index (χ0) is 10.2. The molecular formula is C8H14ClN3O. The van der Waals surface area contributed by atoms with Gasteiger partial charge in [0.2, 0.25) is 0 Å². The van der Waals surface area contributed by atoms with Crippen LogP contribution >= 0.6 is 11.6 Å². The van der Waals surface area contributed by atoms with E-state index in [0.29, 0.717) is 6.42 Å². The van der Waals surface area contributed by atoms with E-state index in [4.69, 9.17) is 17.3 Å². The first kappa shape index (κ1) is 10.3. The fraction of sp³-hybridized carbons (Fsp3) is 0.625. The molecule has 74 valence electrons. The Bertz CT molecular complexity index is 358. The van der Waals surface area contributed by atoms with E-state index in [1.165, 1.54) is 0 Å². The second kappa shape index (κ2) is 3.20. The Morgan fingerprint density at radius 2 is 2.15 bits per heavy atom. The molecule has 1 aromatic heterocycles. The van der Waals surface area contributed by atoms with Gasteiger partial charge in [-0.3, -0.25) is 14.6 Å². The number of aryl methyl sites for hydroxylation is 1. The van der Waals surface area contributed by atoms with Crippen LogP contribution in [0.15, 0.2) is 4.79 Å². The highest BCUT2D eigenvalue weighted by Gasteiger charge is 2.18. The van der Waals surface area contributed by atoms with Gasteiger partial charge in [-0.2, -0.15) is 0 Å². The number of H-pyrrole nitrogens is 1. The highest BCUT2D eigenvalue weighted by atomic mass is 35.5. The van der Waals surface area contributed by atoms with Crippen molar-refractivity contribution in [2.75, 3.05) is 0 Å². The molecule has 0 aliphatic heterocycles. The third-order valence-corrected chi connectivity index (χ3v) is 2.14. The van der Waals surface area contributed by atoms with Crippen LogP contribution in [0.1, 0.15) is 19.5 Å². The molecule has 0 radical (unpaired) electrons. The summed E-state index contributed by atoms with van der Waals surface area (Å²) in [5.41, 5.74) is 5.95. The lowest BCUT2D eigenvalue weighted by atomic mass is 10.0. The second-order valence-corrected chi connectivity index (χ2v) is 4.30. The van der Waals surface area contributed by atoms with Gasteiger partial charge in [-0.15, -0.1) is 0 Å². The van der Waals surface area contributed by atoms with Crippen LogP contribution in [0.5, 0.6) is 0 Å². The topological polar surface area (TPSA) is 63.8 Å². The van der Waals surface area contributed by atoms with Crippen LogP contribution in [0.4, 0.5) is 0 Å². The number of rotatable bonds is 2. The van der Waals surface area contributed by atoms with Crippen molar-refractivity contribution in [1.82, 2.24) is 9.78 Å². The van der Waals surface area contributed by atoms with E-state index < -0.39 is 0 Å². The van der Waals surface area contributed by atoms with Gasteiger partial charge < -0.3 is 5.73 Å². The molecule has 4 nitrogen and oxygen atoms in total. The summed E-state index contributed by atoms with van der Waals surface area (Å²) >= 11 is 5.80. The van der Waals surface area contributed by atoms with Crippen LogP contribution in [0, 0.1) is 0 Å². The van der Waals surface area contributed by atoms with Crippen molar-refractivity contribution in [3.8, 4) is 0 Å². The highest BCUT2D eigenvalue weighted by molar-refractivity contribution is 6.31. The van der Waals surface area contributed by atoms with Crippen molar-refractivity contribution in [2.45, 2.75) is 25.8 Å². The smallest absolute Gasteiger partial charge is 0.283 e. The summed E-state index contributed by atoms with van der Waals surface area (Å²) in [6.45, 7) is 3.78. The summed E-state index contributed by atoms with van der Waals surface area (Å²) in [4.78, 5) is 11.1. The molecule has 0 aliphatic carbocycles. The van der Waals surface area contributed by atoms with Crippen LogP contribution < -0.4 is 11.3 Å². The molecule has 0 fully saturated rings. The van der Waals surface area contributed by atoms with Crippen molar-refractivity contribution in [3.05, 3.63) is 21.1 Å². The van der Waals surface area contributed by atoms with Crippen LogP contribution in [0.25, 0.3) is 0 Å². The Hall–Kier alpha value is -0.740. The van der Waals surface area contributed by atoms with Gasteiger partial charge in [-0.1, -0.05) is 11.6 Å². The summed E-state index contributed by atoms with van der Waals surface area (Å²) in [6, 6.07) is 0. The number of hydrogen-bond donors (Lipinski definition) is 2. The number of halogens is 1. The molecule has 0 aliphatic rings. The number of nitrogens with one attached hydrogen (secondary N) is 1. The summed E-state index contributed by atoms with van der Waals surface area (Å²) in [6.07, 6.45) is 0.571. The van der Waals surface area contributed by atoms with Crippen molar-refractivity contribution in [3.63, 3.8) is 0 Å². The maximum absolute atomic E-state index is 11.1. The Balaban J connectivity index is 3.08. The normalized spacial score (nSPS) is 12.1. The maximum Gasteiger partial charge on any atom is 0.283 e. The van der Waals surface area contributed by atoms with Crippen LogP contribution in [-0.4, -0.2) is 15.3 Å². The van der Waals surface area contributed by atoms with Gasteiger partial charge in [0.1, 0.15) is 5.02 Å². The lowest BCUT2D eigenvalue weighted by Gasteiger charge is -2.18. The molecular weight excluding hydrogens is 190 g/mol. The van der Waals surface area contributed by atoms with Crippen molar-refractivity contribution in [2.24, 2.45) is 12.8 Å². The molecule has 0 saturated carbocycles. The van der Waals surface area contributed by atoms with E-state index in [1.54, 1.807) is 11.7 Å². The Morgan fingerprint density at radius 1 is 1.62 bits per heavy atom. The first-order valence-electron chi connectivity index (χ1n) is 4.03. The number of hydrogen-bond acceptors (Lipinski definition) is 2. The van der Waals surface area contributed by atoms with Gasteiger partial charge in [0.15, 0.2) is 0 Å². The molecule has 0 unspecified atom stereocenters. The largest absolute Gasteiger partial charge is 0.325 e. The van der Waals surface area contributed by atoms with Crippen molar-refractivity contribution in [1.29, 1.82) is 0 Å². The molecule has 13 heavy (non-hydrogen) atoms. The summed E-state index contributed by atoms with van der Waals surface area (Å²) in [5, 5.41) is 2.81. The van der Waals surface area contributed by atoms with Gasteiger partial charge in [0.25, 0.3) is 5.56 Å². The van der Waals surface area contributed by atoms with Gasteiger partial charge in [-0.25, -0.2) is 0 Å². The molecule has 0 saturated heterocycles.